The molecule has 0 amide bonds. The lowest BCUT2D eigenvalue weighted by Gasteiger charge is -2.14. The lowest BCUT2D eigenvalue weighted by Crippen LogP contribution is -2.39. The number of rotatable bonds is 7. The predicted molar refractivity (Wildman–Crippen MR) is 125 cm³/mol. The Hall–Kier alpha value is -3.05. The van der Waals surface area contributed by atoms with Crippen LogP contribution in [0.25, 0.3) is 0 Å². The molecule has 0 saturated heterocycles. The molecule has 6 nitrogen and oxygen atoms in total. The highest BCUT2D eigenvalue weighted by atomic mass is 32.1. The van der Waals surface area contributed by atoms with E-state index >= 15 is 0 Å². The minimum atomic E-state index is -4.40. The zero-order valence-corrected chi connectivity index (χ0v) is 18.2. The molecule has 164 valence electrons. The molecular weight excluding hydrogens is 445 g/mol. The summed E-state index contributed by atoms with van der Waals surface area (Å²) in [5.41, 5.74) is 7.40. The Kier molecular flexibility index (Phi) is 9.35. The number of benzene rings is 2. The number of nitrogens with one attached hydrogen (secondary N) is 4. The second-order valence-electron chi connectivity index (χ2n) is 6.03. The normalized spacial score (nSPS) is 12.1. The number of alkyl halides is 3. The van der Waals surface area contributed by atoms with E-state index in [-0.39, 0.29) is 5.11 Å². The largest absolute Gasteiger partial charge is 0.405 e. The Morgan fingerprint density at radius 3 is 1.58 bits per heavy atom. The van der Waals surface area contributed by atoms with Gasteiger partial charge < -0.3 is 10.6 Å². The average molecular weight is 467 g/mol. The van der Waals surface area contributed by atoms with Crippen LogP contribution in [0, 0.1) is 0 Å². The average Bonchev–Trinajstić information content (AvgIpc) is 2.75. The summed E-state index contributed by atoms with van der Waals surface area (Å²) in [7, 11) is 0. The van der Waals surface area contributed by atoms with Crippen molar-refractivity contribution in [2.24, 2.45) is 10.2 Å². The molecular formula is C20H21F3N6S2. The summed E-state index contributed by atoms with van der Waals surface area (Å²) in [5, 5.41) is 13.7. The molecule has 0 heterocycles. The van der Waals surface area contributed by atoms with Crippen LogP contribution in [-0.2, 0) is 0 Å². The van der Waals surface area contributed by atoms with Crippen molar-refractivity contribution in [2.45, 2.75) is 13.1 Å². The van der Waals surface area contributed by atoms with Crippen LogP contribution in [0.5, 0.6) is 0 Å². The van der Waals surface area contributed by atoms with Gasteiger partial charge in [-0.2, -0.15) is 23.4 Å². The van der Waals surface area contributed by atoms with Crippen LogP contribution in [0.3, 0.4) is 0 Å². The van der Waals surface area contributed by atoms with Crippen LogP contribution in [0.1, 0.15) is 18.1 Å². The highest BCUT2D eigenvalue weighted by molar-refractivity contribution is 7.80. The number of halogens is 3. The molecule has 0 aromatic heterocycles. The van der Waals surface area contributed by atoms with E-state index in [0.717, 1.165) is 0 Å². The first-order valence-corrected chi connectivity index (χ1v) is 10.0. The van der Waals surface area contributed by atoms with Crippen LogP contribution in [0.2, 0.25) is 0 Å². The highest BCUT2D eigenvalue weighted by Gasteiger charge is 2.27. The minimum absolute atomic E-state index is 0.269. The van der Waals surface area contributed by atoms with Crippen LogP contribution in [0.4, 0.5) is 13.2 Å². The van der Waals surface area contributed by atoms with E-state index < -0.39 is 12.7 Å². The maximum absolute atomic E-state index is 12.4. The van der Waals surface area contributed by atoms with Gasteiger partial charge in [0.05, 0.1) is 0 Å². The summed E-state index contributed by atoms with van der Waals surface area (Å²) >= 11 is 10.1. The van der Waals surface area contributed by atoms with E-state index in [0.29, 0.717) is 34.2 Å². The van der Waals surface area contributed by atoms with Gasteiger partial charge >= 0.3 is 6.18 Å². The third-order valence-electron chi connectivity index (χ3n) is 3.64. The van der Waals surface area contributed by atoms with Crippen molar-refractivity contribution in [3.63, 3.8) is 0 Å². The van der Waals surface area contributed by atoms with Gasteiger partial charge in [0.25, 0.3) is 0 Å². The van der Waals surface area contributed by atoms with Gasteiger partial charge in [0.2, 0.25) is 0 Å². The molecule has 0 spiro atoms. The Bertz CT molecular complexity index is 931. The maximum Gasteiger partial charge on any atom is 0.405 e. The summed E-state index contributed by atoms with van der Waals surface area (Å²) in [6.45, 7) is 1.24. The Labute approximate surface area is 189 Å². The molecule has 0 fully saturated rings. The quantitative estimate of drug-likeness (QED) is 0.285. The fraction of sp³-hybridized carbons (Fsp3) is 0.200. The monoisotopic (exact) mass is 466 g/mol. The molecule has 0 bridgehead atoms. The van der Waals surface area contributed by atoms with Gasteiger partial charge in [-0.3, -0.25) is 10.9 Å². The molecule has 0 aliphatic heterocycles. The van der Waals surface area contributed by atoms with Gasteiger partial charge in [0.15, 0.2) is 10.2 Å². The molecule has 31 heavy (non-hydrogen) atoms. The Balaban J connectivity index is 2.41. The zero-order chi connectivity index (χ0) is 22.7. The third-order valence-corrected chi connectivity index (χ3v) is 4.12. The maximum atomic E-state index is 12.4. The van der Waals surface area contributed by atoms with Crippen molar-refractivity contribution in [3.05, 3.63) is 71.8 Å². The van der Waals surface area contributed by atoms with Crippen molar-refractivity contribution in [2.75, 3.05) is 13.1 Å². The minimum Gasteiger partial charge on any atom is -0.362 e. The van der Waals surface area contributed by atoms with Gasteiger partial charge in [-0.1, -0.05) is 60.7 Å². The Morgan fingerprint density at radius 2 is 1.19 bits per heavy atom. The van der Waals surface area contributed by atoms with Gasteiger partial charge in [-0.15, -0.1) is 0 Å². The molecule has 2 aromatic carbocycles. The molecule has 0 aliphatic rings. The summed E-state index contributed by atoms with van der Waals surface area (Å²) in [6.07, 6.45) is -4.40. The number of hydrogen-bond donors (Lipinski definition) is 4. The molecule has 2 rings (SSSR count). The van der Waals surface area contributed by atoms with Crippen LogP contribution in [0.15, 0.2) is 70.9 Å². The first-order valence-electron chi connectivity index (χ1n) is 9.21. The third kappa shape index (κ3) is 8.69. The van der Waals surface area contributed by atoms with Crippen LogP contribution in [-0.4, -0.2) is 40.9 Å². The molecule has 4 N–H and O–H groups in total. The standard InChI is InChI=1S/C20H21F3N6S2/c1-2-24-18(30)28-26-16(14-9-5-3-6-10-14)17(15-11-7-4-8-12-15)27-29-19(31)25-13-20(21,22)23/h3-12H,2,13H2,1H3,(H2,24,28,30)(H2,25,29,31). The van der Waals surface area contributed by atoms with Crippen LogP contribution < -0.4 is 21.5 Å². The van der Waals surface area contributed by atoms with Gasteiger partial charge in [-0.05, 0) is 31.4 Å². The molecule has 0 unspecified atom stereocenters. The van der Waals surface area contributed by atoms with Crippen molar-refractivity contribution in [1.29, 1.82) is 0 Å². The van der Waals surface area contributed by atoms with Crippen molar-refractivity contribution in [1.82, 2.24) is 21.5 Å². The molecule has 0 radical (unpaired) electrons. The second-order valence-corrected chi connectivity index (χ2v) is 6.85. The van der Waals surface area contributed by atoms with E-state index in [4.69, 9.17) is 24.4 Å². The van der Waals surface area contributed by atoms with E-state index in [1.54, 1.807) is 12.1 Å². The first kappa shape index (κ1) is 24.2. The van der Waals surface area contributed by atoms with E-state index in [2.05, 4.69) is 31.7 Å². The molecule has 2 aromatic rings. The smallest absolute Gasteiger partial charge is 0.362 e. The number of thiocarbonyl (C=S) groups is 2. The zero-order valence-electron chi connectivity index (χ0n) is 16.5. The molecule has 11 heteroatoms. The molecule has 0 atom stereocenters. The number of nitrogens with zero attached hydrogens (tertiary/aromatic N) is 2. The van der Waals surface area contributed by atoms with Crippen molar-refractivity contribution < 1.29 is 13.2 Å². The summed E-state index contributed by atoms with van der Waals surface area (Å²) < 4.78 is 37.3. The second kappa shape index (κ2) is 12.0. The fourth-order valence-corrected chi connectivity index (χ4v) is 2.64. The Morgan fingerprint density at radius 1 is 0.774 bits per heavy atom. The van der Waals surface area contributed by atoms with Gasteiger partial charge in [0.1, 0.15) is 18.0 Å². The van der Waals surface area contributed by atoms with Gasteiger partial charge in [-0.25, -0.2) is 0 Å². The molecule has 0 aliphatic carbocycles. The lowest BCUT2D eigenvalue weighted by atomic mass is 10.00. The number of hydrazone groups is 2. The number of hydrogen-bond acceptors (Lipinski definition) is 4. The summed E-state index contributed by atoms with van der Waals surface area (Å²) in [4.78, 5) is 0. The highest BCUT2D eigenvalue weighted by Crippen LogP contribution is 2.12. The molecule has 0 saturated carbocycles. The van der Waals surface area contributed by atoms with Gasteiger partial charge in [0, 0.05) is 17.7 Å². The summed E-state index contributed by atoms with van der Waals surface area (Å²) in [6, 6.07) is 18.2. The van der Waals surface area contributed by atoms with E-state index in [1.807, 2.05) is 55.5 Å². The van der Waals surface area contributed by atoms with E-state index in [9.17, 15) is 13.2 Å². The lowest BCUT2D eigenvalue weighted by molar-refractivity contribution is -0.122. The summed E-state index contributed by atoms with van der Waals surface area (Å²) in [5.74, 6) is 0. The van der Waals surface area contributed by atoms with Crippen molar-refractivity contribution in [3.8, 4) is 0 Å². The predicted octanol–water partition coefficient (Wildman–Crippen LogP) is 3.31. The first-order chi connectivity index (χ1) is 14.8. The van der Waals surface area contributed by atoms with Crippen LogP contribution >= 0.6 is 24.4 Å². The SMILES string of the molecule is CCNC(=S)NN=C(C(=NNC(=S)NCC(F)(F)F)c1ccccc1)c1ccccc1. The van der Waals surface area contributed by atoms with E-state index in [1.165, 1.54) is 0 Å². The topological polar surface area (TPSA) is 72.8 Å². The fourth-order valence-electron chi connectivity index (χ4n) is 2.33. The van der Waals surface area contributed by atoms with Crippen molar-refractivity contribution >= 4 is 46.1 Å².